The van der Waals surface area contributed by atoms with E-state index in [2.05, 4.69) is 41.3 Å². The summed E-state index contributed by atoms with van der Waals surface area (Å²) in [5.41, 5.74) is 9.02. The van der Waals surface area contributed by atoms with Crippen LogP contribution in [0.1, 0.15) is 49.6 Å². The Labute approximate surface area is 131 Å². The third kappa shape index (κ3) is 4.10. The number of nitrogens with zero attached hydrogens (tertiary/aromatic N) is 2. The van der Waals surface area contributed by atoms with Crippen LogP contribution in [-0.2, 0) is 13.0 Å². The molecule has 3 N–H and O–H groups in total. The minimum atomic E-state index is 0.370. The second-order valence-corrected chi connectivity index (χ2v) is 5.58. The fourth-order valence-corrected chi connectivity index (χ4v) is 2.11. The number of aliphatic imine (C=N–C) groups is 1. The van der Waals surface area contributed by atoms with E-state index in [1.807, 2.05) is 26.0 Å². The van der Waals surface area contributed by atoms with Crippen LogP contribution in [0.5, 0.6) is 0 Å². The van der Waals surface area contributed by atoms with Gasteiger partial charge in [0.05, 0.1) is 5.69 Å². The fraction of sp³-hybridized carbons (Fsp3) is 0.412. The van der Waals surface area contributed by atoms with Gasteiger partial charge in [-0.3, -0.25) is 0 Å². The molecule has 0 aliphatic rings. The van der Waals surface area contributed by atoms with E-state index in [9.17, 15) is 0 Å². The number of guanidine groups is 1. The molecular weight excluding hydrogens is 276 g/mol. The van der Waals surface area contributed by atoms with Crippen molar-refractivity contribution in [3.63, 3.8) is 0 Å². The minimum absolute atomic E-state index is 0.370. The number of anilines is 1. The maximum absolute atomic E-state index is 5.95. The van der Waals surface area contributed by atoms with Gasteiger partial charge in [0.1, 0.15) is 12.3 Å². The zero-order chi connectivity index (χ0) is 16.1. The van der Waals surface area contributed by atoms with E-state index in [-0.39, 0.29) is 0 Å². The molecule has 0 saturated heterocycles. The summed E-state index contributed by atoms with van der Waals surface area (Å²) >= 11 is 0. The van der Waals surface area contributed by atoms with Gasteiger partial charge < -0.3 is 15.5 Å². The number of benzene rings is 1. The topological polar surface area (TPSA) is 76.4 Å². The number of aryl methyl sites for hydroxylation is 2. The van der Waals surface area contributed by atoms with Gasteiger partial charge in [0.15, 0.2) is 11.9 Å². The largest absolute Gasteiger partial charge is 0.443 e. The Morgan fingerprint density at radius 2 is 2.18 bits per heavy atom. The van der Waals surface area contributed by atoms with E-state index in [1.165, 1.54) is 5.56 Å². The summed E-state index contributed by atoms with van der Waals surface area (Å²) in [4.78, 5) is 8.65. The SMILES string of the molecule is CCc1nc(C)c(CN=C(N)Nc2cccc(C(C)C)c2)o1. The molecule has 0 unspecified atom stereocenters. The molecule has 1 aromatic heterocycles. The van der Waals surface area contributed by atoms with Crippen LogP contribution >= 0.6 is 0 Å². The molecule has 0 aliphatic carbocycles. The number of oxazole rings is 1. The molecule has 118 valence electrons. The van der Waals surface area contributed by atoms with E-state index in [0.29, 0.717) is 18.4 Å². The highest BCUT2D eigenvalue weighted by Crippen LogP contribution is 2.18. The fourth-order valence-electron chi connectivity index (χ4n) is 2.11. The number of nitrogens with two attached hydrogens (primary N) is 1. The summed E-state index contributed by atoms with van der Waals surface area (Å²) in [6.07, 6.45) is 0.778. The lowest BCUT2D eigenvalue weighted by Crippen LogP contribution is -2.22. The molecular formula is C17H24N4O. The first-order valence-corrected chi connectivity index (χ1v) is 7.61. The van der Waals surface area contributed by atoms with Crippen LogP contribution in [0.25, 0.3) is 0 Å². The maximum atomic E-state index is 5.95. The molecule has 0 radical (unpaired) electrons. The van der Waals surface area contributed by atoms with Crippen molar-refractivity contribution in [1.29, 1.82) is 0 Å². The monoisotopic (exact) mass is 300 g/mol. The molecule has 0 saturated carbocycles. The standard InChI is InChI=1S/C17H24N4O/c1-5-16-20-12(4)15(22-16)10-19-17(18)21-14-8-6-7-13(9-14)11(2)3/h6-9,11H,5,10H2,1-4H3,(H3,18,19,21). The molecule has 22 heavy (non-hydrogen) atoms. The van der Waals surface area contributed by atoms with E-state index in [1.54, 1.807) is 0 Å². The highest BCUT2D eigenvalue weighted by atomic mass is 16.4. The first kappa shape index (κ1) is 16.1. The van der Waals surface area contributed by atoms with E-state index in [0.717, 1.165) is 29.5 Å². The van der Waals surface area contributed by atoms with Gasteiger partial charge in [0, 0.05) is 12.1 Å². The van der Waals surface area contributed by atoms with E-state index < -0.39 is 0 Å². The van der Waals surface area contributed by atoms with Crippen LogP contribution in [0.2, 0.25) is 0 Å². The van der Waals surface area contributed by atoms with Gasteiger partial charge in [0.25, 0.3) is 0 Å². The van der Waals surface area contributed by atoms with Crippen molar-refractivity contribution in [1.82, 2.24) is 4.98 Å². The molecule has 0 atom stereocenters. The normalized spacial score (nSPS) is 12.0. The zero-order valence-electron chi connectivity index (χ0n) is 13.7. The summed E-state index contributed by atoms with van der Waals surface area (Å²) in [6.45, 7) is 8.64. The van der Waals surface area contributed by atoms with Crippen molar-refractivity contribution in [2.45, 2.75) is 46.6 Å². The highest BCUT2D eigenvalue weighted by Gasteiger charge is 2.07. The quantitative estimate of drug-likeness (QED) is 0.653. The average molecular weight is 300 g/mol. The average Bonchev–Trinajstić information content (AvgIpc) is 2.86. The molecule has 0 fully saturated rings. The van der Waals surface area contributed by atoms with Crippen LogP contribution in [0.15, 0.2) is 33.7 Å². The van der Waals surface area contributed by atoms with Crippen LogP contribution in [0.4, 0.5) is 5.69 Å². The molecule has 0 amide bonds. The van der Waals surface area contributed by atoms with Gasteiger partial charge in [-0.1, -0.05) is 32.9 Å². The van der Waals surface area contributed by atoms with Crippen LogP contribution in [0.3, 0.4) is 0 Å². The Morgan fingerprint density at radius 3 is 2.82 bits per heavy atom. The molecule has 0 aliphatic heterocycles. The van der Waals surface area contributed by atoms with E-state index >= 15 is 0 Å². The summed E-state index contributed by atoms with van der Waals surface area (Å²) in [6, 6.07) is 8.18. The van der Waals surface area contributed by atoms with E-state index in [4.69, 9.17) is 10.2 Å². The molecule has 5 nitrogen and oxygen atoms in total. The van der Waals surface area contributed by atoms with Gasteiger partial charge in [-0.15, -0.1) is 0 Å². The highest BCUT2D eigenvalue weighted by molar-refractivity contribution is 5.92. The molecule has 2 aromatic rings. The second kappa shape index (κ2) is 7.11. The van der Waals surface area contributed by atoms with Crippen LogP contribution in [0, 0.1) is 6.92 Å². The summed E-state index contributed by atoms with van der Waals surface area (Å²) < 4.78 is 5.61. The minimum Gasteiger partial charge on any atom is -0.443 e. The third-order valence-corrected chi connectivity index (χ3v) is 3.46. The van der Waals surface area contributed by atoms with Crippen molar-refractivity contribution in [3.05, 3.63) is 47.2 Å². The zero-order valence-corrected chi connectivity index (χ0v) is 13.7. The number of hydrogen-bond donors (Lipinski definition) is 2. The lowest BCUT2D eigenvalue weighted by molar-refractivity contribution is 0.461. The predicted octanol–water partition coefficient (Wildman–Crippen LogP) is 3.60. The Balaban J connectivity index is 2.03. The van der Waals surface area contributed by atoms with Crippen molar-refractivity contribution >= 4 is 11.6 Å². The Kier molecular flexibility index (Phi) is 5.20. The lowest BCUT2D eigenvalue weighted by atomic mass is 10.0. The van der Waals surface area contributed by atoms with Gasteiger partial charge in [0.2, 0.25) is 0 Å². The van der Waals surface area contributed by atoms with Gasteiger partial charge in [-0.05, 0) is 30.5 Å². The first-order valence-electron chi connectivity index (χ1n) is 7.61. The van der Waals surface area contributed by atoms with Gasteiger partial charge in [-0.25, -0.2) is 9.98 Å². The van der Waals surface area contributed by atoms with Gasteiger partial charge >= 0.3 is 0 Å². The molecule has 5 heteroatoms. The van der Waals surface area contributed by atoms with Crippen molar-refractivity contribution in [3.8, 4) is 0 Å². The smallest absolute Gasteiger partial charge is 0.194 e. The molecule has 0 bridgehead atoms. The lowest BCUT2D eigenvalue weighted by Gasteiger charge is -2.09. The molecule has 2 rings (SSSR count). The maximum Gasteiger partial charge on any atom is 0.194 e. The predicted molar refractivity (Wildman–Crippen MR) is 90.1 cm³/mol. The summed E-state index contributed by atoms with van der Waals surface area (Å²) in [7, 11) is 0. The molecule has 1 aromatic carbocycles. The van der Waals surface area contributed by atoms with Gasteiger partial charge in [-0.2, -0.15) is 0 Å². The first-order chi connectivity index (χ1) is 10.5. The third-order valence-electron chi connectivity index (χ3n) is 3.46. The number of aromatic nitrogens is 1. The van der Waals surface area contributed by atoms with Crippen molar-refractivity contribution in [2.75, 3.05) is 5.32 Å². The Morgan fingerprint density at radius 1 is 1.41 bits per heavy atom. The second-order valence-electron chi connectivity index (χ2n) is 5.58. The molecule has 1 heterocycles. The summed E-state index contributed by atoms with van der Waals surface area (Å²) in [5.74, 6) is 2.34. The number of rotatable bonds is 5. The summed E-state index contributed by atoms with van der Waals surface area (Å²) in [5, 5.41) is 3.11. The Hall–Kier alpha value is -2.30. The molecule has 0 spiro atoms. The number of hydrogen-bond acceptors (Lipinski definition) is 3. The van der Waals surface area contributed by atoms with Crippen molar-refractivity contribution in [2.24, 2.45) is 10.7 Å². The van der Waals surface area contributed by atoms with Crippen LogP contribution in [-0.4, -0.2) is 10.9 Å². The Bertz CT molecular complexity index is 658. The van der Waals surface area contributed by atoms with Crippen LogP contribution < -0.4 is 11.1 Å². The van der Waals surface area contributed by atoms with Crippen molar-refractivity contribution < 1.29 is 4.42 Å². The number of nitrogens with one attached hydrogen (secondary N) is 1.